The van der Waals surface area contributed by atoms with Gasteiger partial charge in [-0.2, -0.15) is 0 Å². The lowest BCUT2D eigenvalue weighted by atomic mass is 10.1. The summed E-state index contributed by atoms with van der Waals surface area (Å²) in [6.07, 6.45) is 1.56. The molecule has 5 nitrogen and oxygen atoms in total. The zero-order valence-corrected chi connectivity index (χ0v) is 11.2. The lowest BCUT2D eigenvalue weighted by molar-refractivity contribution is 0.410. The maximum absolute atomic E-state index is 4.77. The van der Waals surface area contributed by atoms with Crippen LogP contribution in [-0.4, -0.2) is 18.2 Å². The molecule has 0 bridgehead atoms. The van der Waals surface area contributed by atoms with Gasteiger partial charge in [-0.3, -0.25) is 4.99 Å². The first-order valence-corrected chi connectivity index (χ1v) is 6.17. The van der Waals surface area contributed by atoms with Crippen LogP contribution in [0.25, 0.3) is 0 Å². The molecule has 2 rings (SSSR count). The van der Waals surface area contributed by atoms with Crippen LogP contribution < -0.4 is 10.6 Å². The van der Waals surface area contributed by atoms with Crippen LogP contribution >= 0.6 is 0 Å². The van der Waals surface area contributed by atoms with Crippen molar-refractivity contribution in [3.05, 3.63) is 53.4 Å². The molecule has 1 aromatic carbocycles. The molecule has 1 aromatic heterocycles. The molecule has 1 heterocycles. The van der Waals surface area contributed by atoms with E-state index in [1.54, 1.807) is 13.3 Å². The Morgan fingerprint density at radius 2 is 2.11 bits per heavy atom. The standard InChI is InChI=1S/C14H18N4O/c1-11-4-3-5-12(8-11)9-16-14(15-2)17-10-13-6-7-19-18-13/h3-8H,9-10H2,1-2H3,(H2,15,16,17). The Balaban J connectivity index is 1.83. The Morgan fingerprint density at radius 3 is 2.79 bits per heavy atom. The third-order valence-corrected chi connectivity index (χ3v) is 2.69. The van der Waals surface area contributed by atoms with Crippen LogP contribution in [0.15, 0.2) is 46.1 Å². The van der Waals surface area contributed by atoms with Crippen LogP contribution in [0, 0.1) is 6.92 Å². The van der Waals surface area contributed by atoms with Gasteiger partial charge in [0.2, 0.25) is 0 Å². The van der Waals surface area contributed by atoms with Gasteiger partial charge in [-0.1, -0.05) is 35.0 Å². The van der Waals surface area contributed by atoms with Gasteiger partial charge in [-0.25, -0.2) is 0 Å². The van der Waals surface area contributed by atoms with Crippen LogP contribution in [0.2, 0.25) is 0 Å². The second-order valence-corrected chi connectivity index (χ2v) is 4.26. The molecule has 0 aliphatic carbocycles. The van der Waals surface area contributed by atoms with Gasteiger partial charge in [0.15, 0.2) is 5.96 Å². The number of hydrogen-bond acceptors (Lipinski definition) is 3. The highest BCUT2D eigenvalue weighted by atomic mass is 16.5. The number of nitrogens with zero attached hydrogens (tertiary/aromatic N) is 2. The number of aryl methyl sites for hydroxylation is 1. The van der Waals surface area contributed by atoms with Crippen molar-refractivity contribution >= 4 is 5.96 Å². The number of guanidine groups is 1. The van der Waals surface area contributed by atoms with Crippen LogP contribution in [0.5, 0.6) is 0 Å². The molecule has 0 radical (unpaired) electrons. The van der Waals surface area contributed by atoms with Crippen LogP contribution in [0.3, 0.4) is 0 Å². The molecule has 100 valence electrons. The van der Waals surface area contributed by atoms with Crippen molar-refractivity contribution in [2.75, 3.05) is 7.05 Å². The fourth-order valence-corrected chi connectivity index (χ4v) is 1.73. The average Bonchev–Trinajstić information content (AvgIpc) is 2.92. The van der Waals surface area contributed by atoms with Gasteiger partial charge in [0, 0.05) is 19.7 Å². The predicted molar refractivity (Wildman–Crippen MR) is 74.7 cm³/mol. The summed E-state index contributed by atoms with van der Waals surface area (Å²) in [5, 5.41) is 10.3. The topological polar surface area (TPSA) is 62.5 Å². The zero-order chi connectivity index (χ0) is 13.5. The summed E-state index contributed by atoms with van der Waals surface area (Å²) < 4.78 is 4.77. The molecule has 2 aromatic rings. The summed E-state index contributed by atoms with van der Waals surface area (Å²) in [6, 6.07) is 10.2. The molecule has 5 heteroatoms. The lowest BCUT2D eigenvalue weighted by Gasteiger charge is -2.11. The third-order valence-electron chi connectivity index (χ3n) is 2.69. The molecular formula is C14H18N4O. The van der Waals surface area contributed by atoms with Crippen LogP contribution in [0.4, 0.5) is 0 Å². The predicted octanol–water partition coefficient (Wildman–Crippen LogP) is 1.85. The number of benzene rings is 1. The van der Waals surface area contributed by atoms with E-state index in [0.29, 0.717) is 6.54 Å². The van der Waals surface area contributed by atoms with E-state index < -0.39 is 0 Å². The minimum Gasteiger partial charge on any atom is -0.364 e. The largest absolute Gasteiger partial charge is 0.364 e. The minimum atomic E-state index is 0.587. The Hall–Kier alpha value is -2.30. The highest BCUT2D eigenvalue weighted by Gasteiger charge is 2.00. The summed E-state index contributed by atoms with van der Waals surface area (Å²) in [4.78, 5) is 4.16. The molecule has 0 saturated heterocycles. The molecular weight excluding hydrogens is 240 g/mol. The maximum atomic E-state index is 4.77. The summed E-state index contributed by atoms with van der Waals surface area (Å²) in [5.74, 6) is 0.740. The third kappa shape index (κ3) is 4.13. The molecule has 0 spiro atoms. The number of hydrogen-bond donors (Lipinski definition) is 2. The van der Waals surface area contributed by atoms with E-state index in [4.69, 9.17) is 4.52 Å². The van der Waals surface area contributed by atoms with Crippen molar-refractivity contribution in [2.24, 2.45) is 4.99 Å². The fraction of sp³-hybridized carbons (Fsp3) is 0.286. The molecule has 0 unspecified atom stereocenters. The Morgan fingerprint density at radius 1 is 1.26 bits per heavy atom. The SMILES string of the molecule is CN=C(NCc1cccc(C)c1)NCc1ccon1. The summed E-state index contributed by atoms with van der Waals surface area (Å²) in [6.45, 7) is 3.41. The van der Waals surface area contributed by atoms with Crippen molar-refractivity contribution in [1.82, 2.24) is 15.8 Å². The maximum Gasteiger partial charge on any atom is 0.191 e. The van der Waals surface area contributed by atoms with E-state index in [2.05, 4.69) is 52.0 Å². The van der Waals surface area contributed by atoms with E-state index >= 15 is 0 Å². The van der Waals surface area contributed by atoms with Crippen molar-refractivity contribution in [2.45, 2.75) is 20.0 Å². The normalized spacial score (nSPS) is 11.4. The molecule has 19 heavy (non-hydrogen) atoms. The zero-order valence-electron chi connectivity index (χ0n) is 11.2. The molecule has 0 saturated carbocycles. The highest BCUT2D eigenvalue weighted by Crippen LogP contribution is 2.03. The molecule has 0 amide bonds. The average molecular weight is 258 g/mol. The van der Waals surface area contributed by atoms with E-state index in [1.807, 2.05) is 6.07 Å². The molecule has 0 fully saturated rings. The number of aliphatic imine (C=N–C) groups is 1. The lowest BCUT2D eigenvalue weighted by Crippen LogP contribution is -2.36. The first-order chi connectivity index (χ1) is 9.28. The monoisotopic (exact) mass is 258 g/mol. The fourth-order valence-electron chi connectivity index (χ4n) is 1.73. The number of nitrogens with one attached hydrogen (secondary N) is 2. The van der Waals surface area contributed by atoms with Gasteiger partial charge in [0.05, 0.1) is 6.54 Å². The second kappa shape index (κ2) is 6.58. The summed E-state index contributed by atoms with van der Waals surface area (Å²) >= 11 is 0. The van der Waals surface area contributed by atoms with Gasteiger partial charge in [-0.15, -0.1) is 0 Å². The number of aromatic nitrogens is 1. The van der Waals surface area contributed by atoms with Crippen LogP contribution in [-0.2, 0) is 13.1 Å². The second-order valence-electron chi connectivity index (χ2n) is 4.26. The Bertz CT molecular complexity index is 534. The van der Waals surface area contributed by atoms with Crippen molar-refractivity contribution in [1.29, 1.82) is 0 Å². The van der Waals surface area contributed by atoms with Crippen molar-refractivity contribution in [3.63, 3.8) is 0 Å². The Kier molecular flexibility index (Phi) is 4.55. The highest BCUT2D eigenvalue weighted by molar-refractivity contribution is 5.79. The molecule has 0 aliphatic rings. The van der Waals surface area contributed by atoms with E-state index in [0.717, 1.165) is 18.2 Å². The molecule has 0 atom stereocenters. The van der Waals surface area contributed by atoms with Gasteiger partial charge in [0.25, 0.3) is 0 Å². The molecule has 2 N–H and O–H groups in total. The summed E-state index contributed by atoms with van der Waals surface area (Å²) in [7, 11) is 1.74. The van der Waals surface area contributed by atoms with Gasteiger partial charge in [0.1, 0.15) is 12.0 Å². The van der Waals surface area contributed by atoms with E-state index in [1.165, 1.54) is 11.1 Å². The first kappa shape index (κ1) is 13.1. The quantitative estimate of drug-likeness (QED) is 0.649. The van der Waals surface area contributed by atoms with Crippen molar-refractivity contribution in [3.8, 4) is 0 Å². The van der Waals surface area contributed by atoms with Crippen molar-refractivity contribution < 1.29 is 4.52 Å². The first-order valence-electron chi connectivity index (χ1n) is 6.17. The van der Waals surface area contributed by atoms with E-state index in [-0.39, 0.29) is 0 Å². The smallest absolute Gasteiger partial charge is 0.191 e. The van der Waals surface area contributed by atoms with E-state index in [9.17, 15) is 0 Å². The van der Waals surface area contributed by atoms with Crippen LogP contribution in [0.1, 0.15) is 16.8 Å². The van der Waals surface area contributed by atoms with Gasteiger partial charge < -0.3 is 15.2 Å². The van der Waals surface area contributed by atoms with Gasteiger partial charge in [-0.05, 0) is 12.5 Å². The minimum absolute atomic E-state index is 0.587. The number of rotatable bonds is 4. The Labute approximate surface area is 112 Å². The summed E-state index contributed by atoms with van der Waals surface area (Å²) in [5.41, 5.74) is 3.33. The molecule has 0 aliphatic heterocycles. The van der Waals surface area contributed by atoms with Gasteiger partial charge >= 0.3 is 0 Å².